The molecule has 1 fully saturated rings. The van der Waals surface area contributed by atoms with E-state index in [-0.39, 0.29) is 23.5 Å². The lowest BCUT2D eigenvalue weighted by molar-refractivity contribution is -0.148. The molecule has 1 heterocycles. The normalized spacial score (nSPS) is 22.1. The first-order valence-corrected chi connectivity index (χ1v) is 5.99. The van der Waals surface area contributed by atoms with Gasteiger partial charge >= 0.3 is 0 Å². The van der Waals surface area contributed by atoms with Crippen LogP contribution in [0.1, 0.15) is 33.6 Å². The molecule has 1 aliphatic heterocycles. The van der Waals surface area contributed by atoms with Crippen LogP contribution in [-0.4, -0.2) is 48.6 Å². The number of hydrogen-bond donors (Lipinski definition) is 1. The summed E-state index contributed by atoms with van der Waals surface area (Å²) in [6.45, 7) is 7.16. The number of amides is 2. The van der Waals surface area contributed by atoms with Crippen molar-refractivity contribution in [3.8, 4) is 0 Å². The van der Waals surface area contributed by atoms with Crippen molar-refractivity contribution in [2.75, 3.05) is 20.2 Å². The third-order valence-corrected chi connectivity index (χ3v) is 2.68. The SMILES string of the molecule is CN1C(=O)CCC(NCCOC(C)(C)C)C1=O. The van der Waals surface area contributed by atoms with E-state index in [0.29, 0.717) is 26.0 Å². The Labute approximate surface area is 102 Å². The van der Waals surface area contributed by atoms with E-state index >= 15 is 0 Å². The molecule has 5 nitrogen and oxygen atoms in total. The molecule has 1 N–H and O–H groups in total. The maximum Gasteiger partial charge on any atom is 0.246 e. The number of likely N-dealkylation sites (tertiary alicyclic amines) is 1. The molecule has 1 unspecified atom stereocenters. The maximum atomic E-state index is 11.7. The first-order valence-electron chi connectivity index (χ1n) is 5.99. The Balaban J connectivity index is 2.28. The molecular formula is C12H22N2O3. The summed E-state index contributed by atoms with van der Waals surface area (Å²) in [5, 5.41) is 3.13. The lowest BCUT2D eigenvalue weighted by Crippen LogP contribution is -2.52. The quantitative estimate of drug-likeness (QED) is 0.577. The summed E-state index contributed by atoms with van der Waals surface area (Å²) < 4.78 is 5.55. The van der Waals surface area contributed by atoms with E-state index in [1.54, 1.807) is 0 Å². The minimum atomic E-state index is -0.249. The van der Waals surface area contributed by atoms with Crippen molar-refractivity contribution in [1.82, 2.24) is 10.2 Å². The van der Waals surface area contributed by atoms with E-state index in [1.807, 2.05) is 20.8 Å². The van der Waals surface area contributed by atoms with Crippen molar-refractivity contribution < 1.29 is 14.3 Å². The van der Waals surface area contributed by atoms with E-state index in [1.165, 1.54) is 11.9 Å². The Morgan fingerprint density at radius 1 is 1.41 bits per heavy atom. The third kappa shape index (κ3) is 4.44. The zero-order valence-electron chi connectivity index (χ0n) is 11.1. The lowest BCUT2D eigenvalue weighted by Gasteiger charge is -2.28. The van der Waals surface area contributed by atoms with Gasteiger partial charge in [0.2, 0.25) is 11.8 Å². The van der Waals surface area contributed by atoms with E-state index < -0.39 is 0 Å². The second kappa shape index (κ2) is 5.60. The average Bonchev–Trinajstić information content (AvgIpc) is 2.22. The van der Waals surface area contributed by atoms with E-state index in [0.717, 1.165) is 0 Å². The van der Waals surface area contributed by atoms with Gasteiger partial charge in [0.15, 0.2) is 0 Å². The standard InChI is InChI=1S/C12H22N2O3/c1-12(2,3)17-8-7-13-9-5-6-10(15)14(4)11(9)16/h9,13H,5-8H2,1-4H3. The Morgan fingerprint density at radius 3 is 2.65 bits per heavy atom. The number of carbonyl (C=O) groups is 2. The largest absolute Gasteiger partial charge is 0.375 e. The average molecular weight is 242 g/mol. The van der Waals surface area contributed by atoms with Gasteiger partial charge in [0.05, 0.1) is 18.2 Å². The fraction of sp³-hybridized carbons (Fsp3) is 0.833. The van der Waals surface area contributed by atoms with Crippen LogP contribution < -0.4 is 5.32 Å². The molecule has 98 valence electrons. The van der Waals surface area contributed by atoms with Crippen LogP contribution >= 0.6 is 0 Å². The minimum Gasteiger partial charge on any atom is -0.375 e. The molecule has 0 aromatic carbocycles. The summed E-state index contributed by atoms with van der Waals surface area (Å²) >= 11 is 0. The van der Waals surface area contributed by atoms with Gasteiger partial charge in [-0.05, 0) is 27.2 Å². The van der Waals surface area contributed by atoms with Crippen LogP contribution in [0.25, 0.3) is 0 Å². The number of piperidine rings is 1. The van der Waals surface area contributed by atoms with Crippen molar-refractivity contribution in [2.45, 2.75) is 45.3 Å². The fourth-order valence-electron chi connectivity index (χ4n) is 1.70. The zero-order chi connectivity index (χ0) is 13.1. The Morgan fingerprint density at radius 2 is 2.06 bits per heavy atom. The highest BCUT2D eigenvalue weighted by atomic mass is 16.5. The molecule has 0 aromatic heterocycles. The fourth-order valence-corrected chi connectivity index (χ4v) is 1.70. The van der Waals surface area contributed by atoms with E-state index in [4.69, 9.17) is 4.74 Å². The van der Waals surface area contributed by atoms with Crippen molar-refractivity contribution in [3.05, 3.63) is 0 Å². The molecule has 2 amide bonds. The summed E-state index contributed by atoms with van der Waals surface area (Å²) in [4.78, 5) is 24.2. The number of ether oxygens (including phenoxy) is 1. The number of hydrogen-bond acceptors (Lipinski definition) is 4. The molecule has 17 heavy (non-hydrogen) atoms. The molecule has 0 radical (unpaired) electrons. The molecule has 0 aromatic rings. The van der Waals surface area contributed by atoms with E-state index in [9.17, 15) is 9.59 Å². The maximum absolute atomic E-state index is 11.7. The highest BCUT2D eigenvalue weighted by molar-refractivity contribution is 6.00. The van der Waals surface area contributed by atoms with E-state index in [2.05, 4.69) is 5.32 Å². The van der Waals surface area contributed by atoms with Gasteiger partial charge in [-0.15, -0.1) is 0 Å². The highest BCUT2D eigenvalue weighted by Crippen LogP contribution is 2.11. The van der Waals surface area contributed by atoms with Gasteiger partial charge in [-0.3, -0.25) is 14.5 Å². The number of carbonyl (C=O) groups excluding carboxylic acids is 2. The van der Waals surface area contributed by atoms with Crippen LogP contribution in [0.2, 0.25) is 0 Å². The van der Waals surface area contributed by atoms with Crippen molar-refractivity contribution in [1.29, 1.82) is 0 Å². The van der Waals surface area contributed by atoms with Crippen LogP contribution in [0.15, 0.2) is 0 Å². The summed E-state index contributed by atoms with van der Waals surface area (Å²) in [7, 11) is 1.53. The topological polar surface area (TPSA) is 58.6 Å². The predicted octanol–water partition coefficient (Wildman–Crippen LogP) is 0.538. The smallest absolute Gasteiger partial charge is 0.246 e. The molecule has 5 heteroatoms. The summed E-state index contributed by atoms with van der Waals surface area (Å²) in [6.07, 6.45) is 1.01. The second-order valence-corrected chi connectivity index (χ2v) is 5.30. The molecule has 1 rings (SSSR count). The Hall–Kier alpha value is -0.940. The molecule has 1 atom stereocenters. The number of nitrogens with one attached hydrogen (secondary N) is 1. The van der Waals surface area contributed by atoms with Gasteiger partial charge in [0.25, 0.3) is 0 Å². The number of nitrogens with zero attached hydrogens (tertiary/aromatic N) is 1. The third-order valence-electron chi connectivity index (χ3n) is 2.68. The minimum absolute atomic E-state index is 0.0982. The molecule has 0 bridgehead atoms. The van der Waals surface area contributed by atoms with Gasteiger partial charge in [-0.2, -0.15) is 0 Å². The number of imide groups is 1. The van der Waals surface area contributed by atoms with Crippen molar-refractivity contribution in [3.63, 3.8) is 0 Å². The second-order valence-electron chi connectivity index (χ2n) is 5.30. The Kier molecular flexibility index (Phi) is 4.65. The Bertz CT molecular complexity index is 297. The summed E-state index contributed by atoms with van der Waals surface area (Å²) in [5.41, 5.74) is -0.162. The van der Waals surface area contributed by atoms with Crippen LogP contribution in [0, 0.1) is 0 Å². The van der Waals surface area contributed by atoms with Crippen molar-refractivity contribution >= 4 is 11.8 Å². The van der Waals surface area contributed by atoms with Crippen molar-refractivity contribution in [2.24, 2.45) is 0 Å². The predicted molar refractivity (Wildman–Crippen MR) is 64.5 cm³/mol. The summed E-state index contributed by atoms with van der Waals surface area (Å²) in [6, 6.07) is -0.249. The molecule has 1 saturated heterocycles. The monoisotopic (exact) mass is 242 g/mol. The van der Waals surface area contributed by atoms with Crippen LogP contribution in [0.3, 0.4) is 0 Å². The summed E-state index contributed by atoms with van der Waals surface area (Å²) in [5.74, 6) is -0.240. The van der Waals surface area contributed by atoms with Crippen LogP contribution in [0.5, 0.6) is 0 Å². The van der Waals surface area contributed by atoms with Gasteiger partial charge in [-0.25, -0.2) is 0 Å². The molecule has 0 saturated carbocycles. The first-order chi connectivity index (χ1) is 7.81. The molecular weight excluding hydrogens is 220 g/mol. The number of likely N-dealkylation sites (N-methyl/N-ethyl adjacent to an activating group) is 1. The van der Waals surface area contributed by atoms with Crippen LogP contribution in [0.4, 0.5) is 0 Å². The molecule has 0 spiro atoms. The van der Waals surface area contributed by atoms with Gasteiger partial charge in [-0.1, -0.05) is 0 Å². The van der Waals surface area contributed by atoms with Gasteiger partial charge in [0, 0.05) is 20.0 Å². The van der Waals surface area contributed by atoms with Gasteiger partial charge < -0.3 is 10.1 Å². The van der Waals surface area contributed by atoms with Gasteiger partial charge in [0.1, 0.15) is 0 Å². The lowest BCUT2D eigenvalue weighted by atomic mass is 10.0. The number of rotatable bonds is 4. The van der Waals surface area contributed by atoms with Crippen LogP contribution in [-0.2, 0) is 14.3 Å². The molecule has 1 aliphatic rings. The zero-order valence-corrected chi connectivity index (χ0v) is 11.1. The first kappa shape index (κ1) is 14.1. The molecule has 0 aliphatic carbocycles. The highest BCUT2D eigenvalue weighted by Gasteiger charge is 2.31.